The molecule has 0 nitrogen and oxygen atoms in total. The van der Waals surface area contributed by atoms with Crippen LogP contribution in [0.3, 0.4) is 0 Å². The van der Waals surface area contributed by atoms with E-state index < -0.39 is 0 Å². The van der Waals surface area contributed by atoms with E-state index in [0.29, 0.717) is 0 Å². The standard InChI is InChI=1S/C9H18Xe/c1-3-4-5-9-7-10-6-8(9)2/h8-9H,3-7H2,1-2H3/t8-,9?/m1/s1. The molecule has 0 aromatic carbocycles. The molecule has 1 aliphatic heterocycles. The molecule has 0 radical (unpaired) electrons. The van der Waals surface area contributed by atoms with Gasteiger partial charge >= 0.3 is 90.9 Å². The molecule has 1 heteroatoms. The van der Waals surface area contributed by atoms with Gasteiger partial charge in [-0.05, 0) is 0 Å². The summed E-state index contributed by atoms with van der Waals surface area (Å²) in [4.78, 5) is 0. The molecule has 1 heterocycles. The van der Waals surface area contributed by atoms with E-state index in [1.54, 1.807) is 1.78 Å². The second kappa shape index (κ2) is 5.26. The van der Waals surface area contributed by atoms with Crippen LogP contribution < -0.4 is 0 Å². The summed E-state index contributed by atoms with van der Waals surface area (Å²) in [6.07, 6.45) is 4.38. The third kappa shape index (κ3) is 2.90. The Balaban J connectivity index is 2.14. The molecule has 1 rings (SSSR count). The second-order valence-electron chi connectivity index (χ2n) is 3.35. The summed E-state index contributed by atoms with van der Waals surface area (Å²) in [6, 6.07) is 0. The zero-order valence-electron chi connectivity index (χ0n) is 7.04. The van der Waals surface area contributed by atoms with E-state index in [2.05, 4.69) is 13.8 Å². The molecular weight excluding hydrogens is 239 g/mol. The van der Waals surface area contributed by atoms with Crippen molar-refractivity contribution >= 4 is 0 Å². The van der Waals surface area contributed by atoms with E-state index in [0.717, 1.165) is 56.0 Å². The number of unbranched alkanes of at least 4 members (excludes halogenated alkanes) is 1. The summed E-state index contributed by atoms with van der Waals surface area (Å²) in [6.45, 7) is 4.75. The minimum absolute atomic E-state index is 0.799. The van der Waals surface area contributed by atoms with Gasteiger partial charge < -0.3 is 0 Å². The first-order chi connectivity index (χ1) is 4.84. The summed E-state index contributed by atoms with van der Waals surface area (Å²) >= 11 is 0.799. The van der Waals surface area contributed by atoms with Crippen molar-refractivity contribution in [1.82, 2.24) is 0 Å². The number of rotatable bonds is 3. The fourth-order valence-corrected chi connectivity index (χ4v) is 5.33. The fourth-order valence-electron chi connectivity index (χ4n) is 1.43. The number of hydrogen-bond acceptors (Lipinski definition) is 0. The van der Waals surface area contributed by atoms with Gasteiger partial charge in [-0.3, -0.25) is 0 Å². The Bertz CT molecular complexity index is 90.7. The van der Waals surface area contributed by atoms with Crippen LogP contribution in [-0.4, -0.2) is 0 Å². The molecule has 10 heavy (non-hydrogen) atoms. The van der Waals surface area contributed by atoms with Crippen LogP contribution in [0.1, 0.15) is 33.1 Å². The first-order valence-corrected chi connectivity index (χ1v) is 7.20. The second-order valence-corrected chi connectivity index (χ2v) is 6.00. The molecule has 0 aromatic rings. The molecular formula is C9H18Xe. The van der Waals surface area contributed by atoms with Crippen molar-refractivity contribution < 1.29 is 44.2 Å². The first-order valence-electron chi connectivity index (χ1n) is 4.34. The van der Waals surface area contributed by atoms with E-state index in [-0.39, 0.29) is 0 Å². The Morgan fingerprint density at radius 2 is 2.20 bits per heavy atom. The predicted octanol–water partition coefficient (Wildman–Crippen LogP) is 3.36. The summed E-state index contributed by atoms with van der Waals surface area (Å²) in [5.41, 5.74) is 0. The van der Waals surface area contributed by atoms with Gasteiger partial charge in [0.25, 0.3) is 0 Å². The molecule has 0 amide bonds. The molecule has 1 aliphatic rings. The van der Waals surface area contributed by atoms with Crippen LogP contribution in [0.4, 0.5) is 0 Å². The van der Waals surface area contributed by atoms with Gasteiger partial charge in [0.1, 0.15) is 0 Å². The van der Waals surface area contributed by atoms with Crippen molar-refractivity contribution in [2.45, 2.75) is 34.9 Å². The molecule has 1 unspecified atom stereocenters. The van der Waals surface area contributed by atoms with Gasteiger partial charge in [-0.1, -0.05) is 0 Å². The minimum atomic E-state index is 0.799. The molecule has 0 N–H and O–H groups in total. The zero-order valence-corrected chi connectivity index (χ0v) is 9.06. The SMILES string of the molecule is CCCCC1C[Xe]C[C@H]1C. The molecule has 0 aromatic heterocycles. The van der Waals surface area contributed by atoms with Gasteiger partial charge in [-0.15, -0.1) is 0 Å². The van der Waals surface area contributed by atoms with Gasteiger partial charge in [0, 0.05) is 0 Å². The van der Waals surface area contributed by atoms with Crippen LogP contribution in [0.25, 0.3) is 0 Å². The molecule has 0 aliphatic carbocycles. The van der Waals surface area contributed by atoms with Crippen LogP contribution in [0, 0.1) is 56.0 Å². The van der Waals surface area contributed by atoms with Crippen LogP contribution in [-0.2, 0) is 0 Å². The molecule has 1 fully saturated rings. The van der Waals surface area contributed by atoms with Crippen molar-refractivity contribution in [3.8, 4) is 0 Å². The average molecular weight is 258 g/mol. The fraction of sp³-hybridized carbons (Fsp3) is 1.00. The van der Waals surface area contributed by atoms with Crippen molar-refractivity contribution in [3.05, 3.63) is 0 Å². The van der Waals surface area contributed by atoms with E-state index in [1.807, 2.05) is 0 Å². The van der Waals surface area contributed by atoms with Gasteiger partial charge in [0.2, 0.25) is 0 Å². The van der Waals surface area contributed by atoms with Crippen molar-refractivity contribution in [3.63, 3.8) is 0 Å². The van der Waals surface area contributed by atoms with Crippen LogP contribution in [0.15, 0.2) is 0 Å². The van der Waals surface area contributed by atoms with Crippen molar-refractivity contribution in [2.75, 3.05) is 0 Å². The summed E-state index contributed by atoms with van der Waals surface area (Å²) in [5, 5.41) is 0. The van der Waals surface area contributed by atoms with Crippen LogP contribution in [0.2, 0.25) is 1.78 Å². The Hall–Kier alpha value is 1.57. The molecule has 0 spiro atoms. The maximum absolute atomic E-state index is 2.45. The molecule has 2 atom stereocenters. The van der Waals surface area contributed by atoms with Gasteiger partial charge in [0.15, 0.2) is 0 Å². The Labute approximate surface area is 89.5 Å². The van der Waals surface area contributed by atoms with Crippen LogP contribution >= 0.6 is 0 Å². The maximum atomic E-state index is 2.45. The van der Waals surface area contributed by atoms with Crippen molar-refractivity contribution in [2.24, 2.45) is 11.8 Å². The van der Waals surface area contributed by atoms with Gasteiger partial charge in [-0.2, -0.15) is 0 Å². The van der Waals surface area contributed by atoms with Gasteiger partial charge in [-0.25, -0.2) is 0 Å². The monoisotopic (exact) mass is 258 g/mol. The summed E-state index contributed by atoms with van der Waals surface area (Å²) in [7, 11) is 0. The van der Waals surface area contributed by atoms with Gasteiger partial charge in [0.05, 0.1) is 0 Å². The number of hydrogen-bond donors (Lipinski definition) is 0. The Kier molecular flexibility index (Phi) is 5.08. The summed E-state index contributed by atoms with van der Waals surface area (Å²) < 4.78 is 3.19. The quantitative estimate of drug-likeness (QED) is 0.727. The van der Waals surface area contributed by atoms with Crippen molar-refractivity contribution in [1.29, 1.82) is 0 Å². The Morgan fingerprint density at radius 1 is 1.40 bits per heavy atom. The third-order valence-electron chi connectivity index (χ3n) is 2.35. The normalized spacial score (nSPS) is 33.8. The Morgan fingerprint density at radius 3 is 2.70 bits per heavy atom. The van der Waals surface area contributed by atoms with E-state index in [1.165, 1.54) is 19.3 Å². The summed E-state index contributed by atoms with van der Waals surface area (Å²) in [5.74, 6) is 2.20. The topological polar surface area (TPSA) is 0 Å². The molecule has 0 bridgehead atoms. The van der Waals surface area contributed by atoms with E-state index >= 15 is 0 Å². The first kappa shape index (κ1) is 9.66. The third-order valence-corrected chi connectivity index (χ3v) is 5.87. The molecule has 1 saturated heterocycles. The average Bonchev–Trinajstić information content (AvgIpc) is 2.31. The molecule has 0 saturated carbocycles. The van der Waals surface area contributed by atoms with E-state index in [9.17, 15) is 0 Å². The van der Waals surface area contributed by atoms with E-state index in [4.69, 9.17) is 0 Å². The molecule has 62 valence electrons. The predicted molar refractivity (Wildman–Crippen MR) is 41.8 cm³/mol. The zero-order chi connectivity index (χ0) is 7.40. The van der Waals surface area contributed by atoms with Crippen LogP contribution in [0.5, 0.6) is 0 Å².